The smallest absolute Gasteiger partial charge is 0.256 e. The number of likely N-dealkylation sites (tertiary alicyclic amines) is 1. The van der Waals surface area contributed by atoms with Gasteiger partial charge in [0.15, 0.2) is 0 Å². The molecule has 2 aromatic carbocycles. The van der Waals surface area contributed by atoms with Crippen LogP contribution in [0.5, 0.6) is 0 Å². The summed E-state index contributed by atoms with van der Waals surface area (Å²) in [6, 6.07) is 14.9. The zero-order valence-corrected chi connectivity index (χ0v) is 23.7. The molecule has 1 fully saturated rings. The van der Waals surface area contributed by atoms with Gasteiger partial charge in [-0.1, -0.05) is 48.9 Å². The number of amides is 3. The van der Waals surface area contributed by atoms with E-state index in [9.17, 15) is 22.8 Å². The van der Waals surface area contributed by atoms with Gasteiger partial charge in [-0.15, -0.1) is 11.3 Å². The maximum Gasteiger partial charge on any atom is 0.256 e. The number of thiophene rings is 1. The van der Waals surface area contributed by atoms with Crippen LogP contribution in [0, 0.1) is 0 Å². The summed E-state index contributed by atoms with van der Waals surface area (Å²) in [5.74, 6) is -0.987. The van der Waals surface area contributed by atoms with Gasteiger partial charge in [0.25, 0.3) is 5.91 Å². The van der Waals surface area contributed by atoms with Crippen LogP contribution in [0.4, 0.5) is 0 Å². The molecule has 2 heterocycles. The molecule has 11 heteroatoms. The number of carbonyl (C=O) groups is 3. The summed E-state index contributed by atoms with van der Waals surface area (Å²) in [7, 11) is -3.66. The lowest BCUT2D eigenvalue weighted by atomic mass is 9.79. The second kappa shape index (κ2) is 11.4. The fourth-order valence-electron chi connectivity index (χ4n) is 4.91. The number of rotatable bonds is 10. The standard InChI is InChI=1S/C27H30ClN3O5S2/c1-3-27(13-15-31(27)25(33)22-18-37-23-11-5-4-10-21(22)23)26(34)30(17-19-8-6-9-20(28)16-19)14-7-12-24(32)29-38(2,35)36/h4-6,8-11,16,18H,3,7,12-15,17H2,1-2H3,(H,29,32). The van der Waals surface area contributed by atoms with E-state index in [1.165, 1.54) is 11.3 Å². The van der Waals surface area contributed by atoms with Gasteiger partial charge in [0.05, 0.1) is 11.8 Å². The van der Waals surface area contributed by atoms with E-state index in [2.05, 4.69) is 0 Å². The molecular formula is C27H30ClN3O5S2. The van der Waals surface area contributed by atoms with Crippen LogP contribution >= 0.6 is 22.9 Å². The third kappa shape index (κ3) is 6.03. The van der Waals surface area contributed by atoms with Crippen molar-refractivity contribution < 1.29 is 22.8 Å². The number of hydrogen-bond donors (Lipinski definition) is 1. The number of nitrogens with one attached hydrogen (secondary N) is 1. The maximum atomic E-state index is 14.1. The number of fused-ring (bicyclic) bond motifs is 1. The molecule has 0 aliphatic carbocycles. The fraction of sp³-hybridized carbons (Fsp3) is 0.370. The highest BCUT2D eigenvalue weighted by Crippen LogP contribution is 2.39. The minimum Gasteiger partial charge on any atom is -0.336 e. The second-order valence-corrected chi connectivity index (χ2v) is 12.6. The highest BCUT2D eigenvalue weighted by molar-refractivity contribution is 7.89. The Hall–Kier alpha value is -2.95. The monoisotopic (exact) mass is 575 g/mol. The lowest BCUT2D eigenvalue weighted by Crippen LogP contribution is -2.69. The molecule has 0 radical (unpaired) electrons. The largest absolute Gasteiger partial charge is 0.336 e. The Morgan fingerprint density at radius 3 is 2.58 bits per heavy atom. The van der Waals surface area contributed by atoms with E-state index in [1.54, 1.807) is 28.0 Å². The molecule has 0 spiro atoms. The Balaban J connectivity index is 1.57. The minimum absolute atomic E-state index is 0.0605. The van der Waals surface area contributed by atoms with Crippen LogP contribution in [-0.4, -0.2) is 60.8 Å². The van der Waals surface area contributed by atoms with Crippen molar-refractivity contribution in [1.82, 2.24) is 14.5 Å². The van der Waals surface area contributed by atoms with Crippen LogP contribution in [0.1, 0.15) is 48.5 Å². The first-order chi connectivity index (χ1) is 18.0. The van der Waals surface area contributed by atoms with E-state index in [4.69, 9.17) is 11.6 Å². The zero-order valence-electron chi connectivity index (χ0n) is 21.3. The Labute approximate surface area is 231 Å². The molecule has 3 aromatic rings. The van der Waals surface area contributed by atoms with Crippen LogP contribution < -0.4 is 4.72 Å². The lowest BCUT2D eigenvalue weighted by Gasteiger charge is -2.52. The summed E-state index contributed by atoms with van der Waals surface area (Å²) in [5.41, 5.74) is 0.418. The zero-order chi connectivity index (χ0) is 27.5. The molecule has 1 N–H and O–H groups in total. The molecular weight excluding hydrogens is 546 g/mol. The highest BCUT2D eigenvalue weighted by Gasteiger charge is 2.53. The second-order valence-electron chi connectivity index (χ2n) is 9.50. The van der Waals surface area contributed by atoms with Crippen LogP contribution in [0.25, 0.3) is 10.1 Å². The normalized spacial score (nSPS) is 17.2. The molecule has 0 saturated carbocycles. The summed E-state index contributed by atoms with van der Waals surface area (Å²) in [6.07, 6.45) is 2.10. The number of carbonyl (C=O) groups excluding carboxylic acids is 3. The first-order valence-corrected chi connectivity index (χ1v) is 15.5. The quantitative estimate of drug-likeness (QED) is 0.385. The van der Waals surface area contributed by atoms with E-state index in [1.807, 2.05) is 47.4 Å². The number of hydrogen-bond acceptors (Lipinski definition) is 6. The molecule has 1 atom stereocenters. The number of halogens is 1. The first-order valence-electron chi connectivity index (χ1n) is 12.4. The van der Waals surface area contributed by atoms with Gasteiger partial charge in [-0.3, -0.25) is 19.1 Å². The average Bonchev–Trinajstić information content (AvgIpc) is 3.26. The Morgan fingerprint density at radius 1 is 1.16 bits per heavy atom. The summed E-state index contributed by atoms with van der Waals surface area (Å²) in [6.45, 7) is 2.84. The Bertz CT molecular complexity index is 1470. The van der Waals surface area contributed by atoms with Crippen molar-refractivity contribution in [2.45, 2.75) is 44.7 Å². The predicted molar refractivity (Wildman–Crippen MR) is 150 cm³/mol. The SMILES string of the molecule is CCC1(C(=O)N(CCCC(=O)NS(C)(=O)=O)Cc2cccc(Cl)c2)CCN1C(=O)c1csc2ccccc12. The molecule has 0 bridgehead atoms. The molecule has 3 amide bonds. The van der Waals surface area contributed by atoms with Crippen LogP contribution in [-0.2, 0) is 26.2 Å². The average molecular weight is 576 g/mol. The molecule has 38 heavy (non-hydrogen) atoms. The van der Waals surface area contributed by atoms with Crippen molar-refractivity contribution in [3.63, 3.8) is 0 Å². The lowest BCUT2D eigenvalue weighted by molar-refractivity contribution is -0.152. The third-order valence-electron chi connectivity index (χ3n) is 6.89. The fourth-order valence-corrected chi connectivity index (χ4v) is 6.57. The van der Waals surface area contributed by atoms with Crippen molar-refractivity contribution in [3.05, 3.63) is 70.1 Å². The van der Waals surface area contributed by atoms with Gasteiger partial charge in [-0.2, -0.15) is 0 Å². The van der Waals surface area contributed by atoms with Crippen molar-refractivity contribution in [3.8, 4) is 0 Å². The predicted octanol–water partition coefficient (Wildman–Crippen LogP) is 4.43. The minimum atomic E-state index is -3.66. The molecule has 4 rings (SSSR count). The molecule has 1 saturated heterocycles. The summed E-state index contributed by atoms with van der Waals surface area (Å²) in [4.78, 5) is 43.2. The van der Waals surface area contributed by atoms with Crippen molar-refractivity contribution in [2.24, 2.45) is 0 Å². The molecule has 1 aromatic heterocycles. The van der Waals surface area contributed by atoms with Crippen molar-refractivity contribution in [2.75, 3.05) is 19.3 Å². The van der Waals surface area contributed by atoms with Gasteiger partial charge in [-0.05, 0) is 43.0 Å². The topological polar surface area (TPSA) is 104 Å². The number of benzene rings is 2. The maximum absolute atomic E-state index is 14.1. The van der Waals surface area contributed by atoms with Crippen molar-refractivity contribution >= 4 is 60.8 Å². The third-order valence-corrected chi connectivity index (χ3v) is 8.68. The van der Waals surface area contributed by atoms with Crippen LogP contribution in [0.3, 0.4) is 0 Å². The summed E-state index contributed by atoms with van der Waals surface area (Å²) >= 11 is 7.68. The van der Waals surface area contributed by atoms with Gasteiger partial charge in [0.1, 0.15) is 5.54 Å². The number of nitrogens with zero attached hydrogens (tertiary/aromatic N) is 2. The van der Waals surface area contributed by atoms with E-state index >= 15 is 0 Å². The van der Waals surface area contributed by atoms with E-state index in [-0.39, 0.29) is 37.7 Å². The Morgan fingerprint density at radius 2 is 1.92 bits per heavy atom. The van der Waals surface area contributed by atoms with E-state index in [0.29, 0.717) is 30.0 Å². The van der Waals surface area contributed by atoms with Crippen molar-refractivity contribution in [1.29, 1.82) is 0 Å². The van der Waals surface area contributed by atoms with E-state index < -0.39 is 21.5 Å². The molecule has 202 valence electrons. The van der Waals surface area contributed by atoms with Gasteiger partial charge in [0, 0.05) is 46.5 Å². The summed E-state index contributed by atoms with van der Waals surface area (Å²) < 4.78 is 25.7. The van der Waals surface area contributed by atoms with Crippen LogP contribution in [0.15, 0.2) is 53.9 Å². The molecule has 8 nitrogen and oxygen atoms in total. The van der Waals surface area contributed by atoms with Gasteiger partial charge >= 0.3 is 0 Å². The molecule has 1 aliphatic rings. The molecule has 1 unspecified atom stereocenters. The van der Waals surface area contributed by atoms with Gasteiger partial charge in [0.2, 0.25) is 21.8 Å². The Kier molecular flexibility index (Phi) is 8.44. The summed E-state index contributed by atoms with van der Waals surface area (Å²) in [5, 5.41) is 3.26. The van der Waals surface area contributed by atoms with Gasteiger partial charge < -0.3 is 9.80 Å². The first kappa shape index (κ1) is 28.1. The molecule has 1 aliphatic heterocycles. The van der Waals surface area contributed by atoms with Crippen LogP contribution in [0.2, 0.25) is 5.02 Å². The number of sulfonamides is 1. The highest BCUT2D eigenvalue weighted by atomic mass is 35.5. The van der Waals surface area contributed by atoms with Gasteiger partial charge in [-0.25, -0.2) is 8.42 Å². The van der Waals surface area contributed by atoms with E-state index in [0.717, 1.165) is 21.9 Å².